The molecular weight excluding hydrogens is 392 g/mol. The van der Waals surface area contributed by atoms with Gasteiger partial charge in [-0.1, -0.05) is 24.3 Å². The Balaban J connectivity index is 1.45. The summed E-state index contributed by atoms with van der Waals surface area (Å²) in [5.74, 6) is -0.816. The fraction of sp³-hybridized carbons (Fsp3) is 0.360. The largest absolute Gasteiger partial charge is 0.478 e. The normalized spacial score (nSPS) is 14.2. The van der Waals surface area contributed by atoms with E-state index in [2.05, 4.69) is 23.6 Å². The molecule has 1 aromatic heterocycles. The van der Waals surface area contributed by atoms with E-state index >= 15 is 0 Å². The minimum Gasteiger partial charge on any atom is -0.478 e. The molecule has 3 aromatic rings. The van der Waals surface area contributed by atoms with Crippen LogP contribution in [0.25, 0.3) is 10.9 Å². The van der Waals surface area contributed by atoms with Gasteiger partial charge in [0.15, 0.2) is 0 Å². The third-order valence-electron chi connectivity index (χ3n) is 5.96. The van der Waals surface area contributed by atoms with Gasteiger partial charge in [-0.3, -0.25) is 4.79 Å². The third-order valence-corrected chi connectivity index (χ3v) is 5.96. The van der Waals surface area contributed by atoms with Crippen LogP contribution in [0.5, 0.6) is 0 Å². The minimum absolute atomic E-state index is 0.0832. The van der Waals surface area contributed by atoms with Gasteiger partial charge in [-0.2, -0.15) is 0 Å². The zero-order valence-electron chi connectivity index (χ0n) is 17.8. The summed E-state index contributed by atoms with van der Waals surface area (Å²) in [5, 5.41) is 10.1. The van der Waals surface area contributed by atoms with E-state index in [1.54, 1.807) is 12.1 Å². The van der Waals surface area contributed by atoms with Crippen molar-refractivity contribution in [2.45, 2.75) is 32.7 Å². The van der Waals surface area contributed by atoms with Crippen molar-refractivity contribution in [1.82, 2.24) is 9.47 Å². The molecule has 2 heterocycles. The highest BCUT2D eigenvalue weighted by Gasteiger charge is 2.23. The number of nitrogens with zero attached hydrogens (tertiary/aromatic N) is 2. The van der Waals surface area contributed by atoms with Crippen LogP contribution in [-0.2, 0) is 17.7 Å². The standard InChI is InChI=1S/C25H28N2O4/c1-18-5-4-7-22-23(18)21(24(28)26-13-15-31-16-14-26)17-27(22)12-3-2-6-19-8-10-20(11-9-19)25(29)30/h4-5,7-11,17H,2-3,6,12-16H2,1H3,(H,29,30). The van der Waals surface area contributed by atoms with Crippen molar-refractivity contribution < 1.29 is 19.4 Å². The van der Waals surface area contributed by atoms with E-state index in [0.29, 0.717) is 31.9 Å². The predicted octanol–water partition coefficient (Wildman–Crippen LogP) is 4.14. The number of aryl methyl sites for hydroxylation is 3. The first-order valence-electron chi connectivity index (χ1n) is 10.8. The highest BCUT2D eigenvalue weighted by molar-refractivity contribution is 6.08. The topological polar surface area (TPSA) is 71.8 Å². The van der Waals surface area contributed by atoms with E-state index in [1.165, 1.54) is 0 Å². The third kappa shape index (κ3) is 4.64. The van der Waals surface area contributed by atoms with Crippen molar-refractivity contribution in [2.24, 2.45) is 0 Å². The van der Waals surface area contributed by atoms with Crippen molar-refractivity contribution in [3.8, 4) is 0 Å². The molecule has 1 amide bonds. The molecule has 0 bridgehead atoms. The van der Waals surface area contributed by atoms with E-state index < -0.39 is 5.97 Å². The lowest BCUT2D eigenvalue weighted by Crippen LogP contribution is -2.40. The number of hydrogen-bond donors (Lipinski definition) is 1. The molecule has 0 radical (unpaired) electrons. The molecule has 1 aliphatic heterocycles. The van der Waals surface area contributed by atoms with Crippen LogP contribution < -0.4 is 0 Å². The maximum Gasteiger partial charge on any atom is 0.335 e. The van der Waals surface area contributed by atoms with Crippen LogP contribution in [0.2, 0.25) is 0 Å². The fourth-order valence-electron chi connectivity index (χ4n) is 4.24. The predicted molar refractivity (Wildman–Crippen MR) is 120 cm³/mol. The van der Waals surface area contributed by atoms with Crippen molar-refractivity contribution >= 4 is 22.8 Å². The molecule has 31 heavy (non-hydrogen) atoms. The molecule has 162 valence electrons. The quantitative estimate of drug-likeness (QED) is 0.583. The summed E-state index contributed by atoms with van der Waals surface area (Å²) < 4.78 is 7.59. The van der Waals surface area contributed by atoms with Crippen LogP contribution in [0.1, 0.15) is 44.7 Å². The number of amides is 1. The zero-order chi connectivity index (χ0) is 21.8. The maximum absolute atomic E-state index is 13.2. The molecule has 0 unspecified atom stereocenters. The average molecular weight is 421 g/mol. The Morgan fingerprint density at radius 2 is 1.77 bits per heavy atom. The average Bonchev–Trinajstić information content (AvgIpc) is 3.17. The summed E-state index contributed by atoms with van der Waals surface area (Å²) in [5.41, 5.74) is 4.45. The van der Waals surface area contributed by atoms with Gasteiger partial charge in [0, 0.05) is 36.7 Å². The van der Waals surface area contributed by atoms with Crippen molar-refractivity contribution in [1.29, 1.82) is 0 Å². The monoisotopic (exact) mass is 420 g/mol. The van der Waals surface area contributed by atoms with E-state index in [9.17, 15) is 9.59 Å². The molecule has 6 heteroatoms. The fourth-order valence-corrected chi connectivity index (χ4v) is 4.24. The van der Waals surface area contributed by atoms with Gasteiger partial charge in [0.1, 0.15) is 0 Å². The number of unbranched alkanes of at least 4 members (excludes halogenated alkanes) is 1. The van der Waals surface area contributed by atoms with Crippen LogP contribution in [0, 0.1) is 6.92 Å². The molecule has 0 saturated carbocycles. The Hall–Kier alpha value is -3.12. The number of carboxylic acids is 1. The minimum atomic E-state index is -0.899. The number of rotatable bonds is 7. The first-order chi connectivity index (χ1) is 15.0. The first-order valence-corrected chi connectivity index (χ1v) is 10.8. The van der Waals surface area contributed by atoms with Gasteiger partial charge in [-0.05, 0) is 55.5 Å². The molecule has 2 aromatic carbocycles. The van der Waals surface area contributed by atoms with Gasteiger partial charge in [0.05, 0.1) is 24.3 Å². The Kier molecular flexibility index (Phi) is 6.37. The number of carboxylic acid groups (broad SMARTS) is 1. The van der Waals surface area contributed by atoms with Crippen LogP contribution >= 0.6 is 0 Å². The van der Waals surface area contributed by atoms with Gasteiger partial charge >= 0.3 is 5.97 Å². The second-order valence-electron chi connectivity index (χ2n) is 8.07. The number of carbonyl (C=O) groups excluding carboxylic acids is 1. The molecular formula is C25H28N2O4. The number of hydrogen-bond acceptors (Lipinski definition) is 3. The molecule has 1 fully saturated rings. The van der Waals surface area contributed by atoms with Crippen LogP contribution in [0.4, 0.5) is 0 Å². The van der Waals surface area contributed by atoms with Gasteiger partial charge in [0.2, 0.25) is 0 Å². The summed E-state index contributed by atoms with van der Waals surface area (Å²) in [4.78, 5) is 26.0. The zero-order valence-corrected chi connectivity index (χ0v) is 17.8. The number of benzene rings is 2. The number of fused-ring (bicyclic) bond motifs is 1. The lowest BCUT2D eigenvalue weighted by Gasteiger charge is -2.26. The van der Waals surface area contributed by atoms with Crippen molar-refractivity contribution in [3.05, 3.63) is 70.9 Å². The highest BCUT2D eigenvalue weighted by atomic mass is 16.5. The highest BCUT2D eigenvalue weighted by Crippen LogP contribution is 2.27. The first kappa shape index (κ1) is 21.1. The van der Waals surface area contributed by atoms with Crippen molar-refractivity contribution in [3.63, 3.8) is 0 Å². The molecule has 6 nitrogen and oxygen atoms in total. The Labute approximate surface area is 182 Å². The molecule has 4 rings (SSSR count). The van der Waals surface area contributed by atoms with E-state index in [-0.39, 0.29) is 5.91 Å². The van der Waals surface area contributed by atoms with Crippen LogP contribution in [-0.4, -0.2) is 52.8 Å². The van der Waals surface area contributed by atoms with E-state index in [1.807, 2.05) is 29.3 Å². The summed E-state index contributed by atoms with van der Waals surface area (Å²) in [6, 6.07) is 13.3. The molecule has 1 aliphatic rings. The van der Waals surface area contributed by atoms with Crippen LogP contribution in [0.3, 0.4) is 0 Å². The number of ether oxygens (including phenoxy) is 1. The van der Waals surface area contributed by atoms with Gasteiger partial charge in [0.25, 0.3) is 5.91 Å². The van der Waals surface area contributed by atoms with Crippen molar-refractivity contribution in [2.75, 3.05) is 26.3 Å². The van der Waals surface area contributed by atoms with Gasteiger partial charge in [-0.25, -0.2) is 4.79 Å². The second-order valence-corrected chi connectivity index (χ2v) is 8.07. The molecule has 0 atom stereocenters. The molecule has 0 aliphatic carbocycles. The lowest BCUT2D eigenvalue weighted by molar-refractivity contribution is 0.0304. The van der Waals surface area contributed by atoms with Crippen LogP contribution in [0.15, 0.2) is 48.7 Å². The summed E-state index contributed by atoms with van der Waals surface area (Å²) >= 11 is 0. The molecule has 0 spiro atoms. The summed E-state index contributed by atoms with van der Waals surface area (Å²) in [6.45, 7) is 5.36. The van der Waals surface area contributed by atoms with E-state index in [0.717, 1.165) is 53.4 Å². The Bertz CT molecular complexity index is 1080. The summed E-state index contributed by atoms with van der Waals surface area (Å²) in [6.07, 6.45) is 4.88. The number of morpholine rings is 1. The lowest BCUT2D eigenvalue weighted by atomic mass is 10.1. The number of carbonyl (C=O) groups is 2. The molecule has 1 N–H and O–H groups in total. The van der Waals surface area contributed by atoms with E-state index in [4.69, 9.17) is 9.84 Å². The smallest absolute Gasteiger partial charge is 0.335 e. The number of aromatic carboxylic acids is 1. The summed E-state index contributed by atoms with van der Waals surface area (Å²) in [7, 11) is 0. The van der Waals surface area contributed by atoms with Gasteiger partial charge < -0.3 is 19.3 Å². The number of aromatic nitrogens is 1. The SMILES string of the molecule is Cc1cccc2c1c(C(=O)N1CCOCC1)cn2CCCCc1ccc(C(=O)O)cc1. The maximum atomic E-state index is 13.2. The molecule has 1 saturated heterocycles. The Morgan fingerprint density at radius 1 is 1.03 bits per heavy atom. The van der Waals surface area contributed by atoms with Gasteiger partial charge in [-0.15, -0.1) is 0 Å². The Morgan fingerprint density at radius 3 is 2.48 bits per heavy atom. The second kappa shape index (κ2) is 9.35.